The van der Waals surface area contributed by atoms with Crippen LogP contribution in [0.4, 0.5) is 0 Å². The third-order valence-corrected chi connectivity index (χ3v) is 2.14. The molecular formula is C10H9NO2. The third kappa shape index (κ3) is 1.52. The number of carbonyl (C=O) groups is 1. The molecule has 0 fully saturated rings. The third-order valence-electron chi connectivity index (χ3n) is 2.14. The van der Waals surface area contributed by atoms with Gasteiger partial charge in [-0.1, -0.05) is 0 Å². The van der Waals surface area contributed by atoms with E-state index in [2.05, 4.69) is 0 Å². The van der Waals surface area contributed by atoms with Crippen LogP contribution in [0.2, 0.25) is 0 Å². The molecule has 0 radical (unpaired) electrons. The molecule has 0 unspecified atom stereocenters. The van der Waals surface area contributed by atoms with Gasteiger partial charge in [0, 0.05) is 0 Å². The van der Waals surface area contributed by atoms with Gasteiger partial charge in [-0.3, -0.25) is 0 Å². The molecule has 0 saturated heterocycles. The van der Waals surface area contributed by atoms with Crippen molar-refractivity contribution < 1.29 is 9.90 Å². The highest BCUT2D eigenvalue weighted by atomic mass is 16.4. The van der Waals surface area contributed by atoms with Crippen molar-refractivity contribution in [1.29, 1.82) is 5.26 Å². The number of benzene rings is 1. The number of nitrogens with zero attached hydrogens (tertiary/aromatic N) is 1. The van der Waals surface area contributed by atoms with E-state index in [0.717, 1.165) is 5.56 Å². The lowest BCUT2D eigenvalue weighted by Crippen LogP contribution is -2.02. The van der Waals surface area contributed by atoms with E-state index in [9.17, 15) is 4.79 Å². The Hall–Kier alpha value is -1.82. The Kier molecular flexibility index (Phi) is 2.34. The first-order valence-corrected chi connectivity index (χ1v) is 3.81. The van der Waals surface area contributed by atoms with Gasteiger partial charge in [-0.15, -0.1) is 0 Å². The molecule has 1 aromatic rings. The van der Waals surface area contributed by atoms with Crippen LogP contribution in [0.5, 0.6) is 0 Å². The van der Waals surface area contributed by atoms with E-state index in [-0.39, 0.29) is 5.56 Å². The lowest BCUT2D eigenvalue weighted by atomic mass is 9.99. The molecule has 0 saturated carbocycles. The molecule has 0 aliphatic heterocycles. The van der Waals surface area contributed by atoms with Crippen molar-refractivity contribution in [2.75, 3.05) is 0 Å². The normalized spacial score (nSPS) is 9.31. The van der Waals surface area contributed by atoms with Crippen LogP contribution in [0.25, 0.3) is 0 Å². The van der Waals surface area contributed by atoms with E-state index in [1.165, 1.54) is 12.1 Å². The van der Waals surface area contributed by atoms with E-state index in [4.69, 9.17) is 10.4 Å². The molecule has 3 nitrogen and oxygen atoms in total. The van der Waals surface area contributed by atoms with Gasteiger partial charge >= 0.3 is 5.97 Å². The predicted molar refractivity (Wildman–Crippen MR) is 47.6 cm³/mol. The molecule has 66 valence electrons. The maximum absolute atomic E-state index is 10.7. The van der Waals surface area contributed by atoms with Crippen molar-refractivity contribution >= 4 is 5.97 Å². The fraction of sp³-hybridized carbons (Fsp3) is 0.200. The molecule has 1 rings (SSSR count). The summed E-state index contributed by atoms with van der Waals surface area (Å²) in [5.41, 5.74) is 2.19. The monoisotopic (exact) mass is 175 g/mol. The van der Waals surface area contributed by atoms with Crippen LogP contribution >= 0.6 is 0 Å². The highest BCUT2D eigenvalue weighted by Crippen LogP contribution is 2.16. The smallest absolute Gasteiger partial charge is 0.335 e. The van der Waals surface area contributed by atoms with Crippen LogP contribution in [0, 0.1) is 25.2 Å². The second-order valence-electron chi connectivity index (χ2n) is 2.83. The number of aromatic carboxylic acids is 1. The first-order chi connectivity index (χ1) is 6.07. The molecular weight excluding hydrogens is 166 g/mol. The van der Waals surface area contributed by atoms with E-state index < -0.39 is 5.97 Å². The minimum absolute atomic E-state index is 0.261. The topological polar surface area (TPSA) is 61.1 Å². The lowest BCUT2D eigenvalue weighted by Gasteiger charge is -2.05. The minimum atomic E-state index is -0.954. The van der Waals surface area contributed by atoms with Crippen molar-refractivity contribution in [3.63, 3.8) is 0 Å². The number of hydrogen-bond donors (Lipinski definition) is 1. The summed E-state index contributed by atoms with van der Waals surface area (Å²) in [5.74, 6) is -0.954. The summed E-state index contributed by atoms with van der Waals surface area (Å²) in [6.45, 7) is 3.46. The maximum Gasteiger partial charge on any atom is 0.335 e. The summed E-state index contributed by atoms with van der Waals surface area (Å²) in [6, 6.07) is 5.00. The second-order valence-corrected chi connectivity index (χ2v) is 2.83. The SMILES string of the molecule is Cc1c(C#N)ccc(C(=O)O)c1C. The van der Waals surface area contributed by atoms with Crippen molar-refractivity contribution in [3.8, 4) is 6.07 Å². The minimum Gasteiger partial charge on any atom is -0.478 e. The fourth-order valence-electron chi connectivity index (χ4n) is 1.17. The van der Waals surface area contributed by atoms with E-state index in [0.29, 0.717) is 11.1 Å². The van der Waals surface area contributed by atoms with Crippen LogP contribution in [0.15, 0.2) is 12.1 Å². The Bertz CT molecular complexity index is 402. The Morgan fingerprint density at radius 2 is 2.00 bits per heavy atom. The van der Waals surface area contributed by atoms with Crippen molar-refractivity contribution in [2.24, 2.45) is 0 Å². The first kappa shape index (κ1) is 9.27. The zero-order chi connectivity index (χ0) is 10.0. The van der Waals surface area contributed by atoms with Gasteiger partial charge in [0.2, 0.25) is 0 Å². The molecule has 0 aromatic heterocycles. The van der Waals surface area contributed by atoms with Crippen LogP contribution < -0.4 is 0 Å². The van der Waals surface area contributed by atoms with Crippen molar-refractivity contribution in [3.05, 3.63) is 34.4 Å². The zero-order valence-corrected chi connectivity index (χ0v) is 7.46. The van der Waals surface area contributed by atoms with E-state index >= 15 is 0 Å². The van der Waals surface area contributed by atoms with Gasteiger partial charge in [-0.2, -0.15) is 5.26 Å². The summed E-state index contributed by atoms with van der Waals surface area (Å²) in [6.07, 6.45) is 0. The molecule has 3 heteroatoms. The average molecular weight is 175 g/mol. The molecule has 1 N–H and O–H groups in total. The Labute approximate surface area is 76.2 Å². The molecule has 0 aliphatic carbocycles. The molecule has 13 heavy (non-hydrogen) atoms. The van der Waals surface area contributed by atoms with Crippen LogP contribution in [-0.2, 0) is 0 Å². The Morgan fingerprint density at radius 1 is 1.38 bits per heavy atom. The molecule has 0 heterocycles. The van der Waals surface area contributed by atoms with Gasteiger partial charge in [0.05, 0.1) is 17.2 Å². The Balaban J connectivity index is 3.42. The summed E-state index contributed by atoms with van der Waals surface area (Å²) in [7, 11) is 0. The summed E-state index contributed by atoms with van der Waals surface area (Å²) >= 11 is 0. The highest BCUT2D eigenvalue weighted by molar-refractivity contribution is 5.90. The van der Waals surface area contributed by atoms with E-state index in [1.807, 2.05) is 6.07 Å². The number of carboxylic acids is 1. The standard InChI is InChI=1S/C10H9NO2/c1-6-7(2)9(10(12)13)4-3-8(6)5-11/h3-4H,1-2H3,(H,12,13). The molecule has 0 spiro atoms. The van der Waals surface area contributed by atoms with Crippen LogP contribution in [0.1, 0.15) is 27.0 Å². The van der Waals surface area contributed by atoms with E-state index in [1.54, 1.807) is 13.8 Å². The molecule has 0 bridgehead atoms. The Morgan fingerprint density at radius 3 is 2.46 bits per heavy atom. The van der Waals surface area contributed by atoms with Gasteiger partial charge in [0.25, 0.3) is 0 Å². The maximum atomic E-state index is 10.7. The molecule has 1 aromatic carbocycles. The lowest BCUT2D eigenvalue weighted by molar-refractivity contribution is 0.0696. The number of hydrogen-bond acceptors (Lipinski definition) is 2. The van der Waals surface area contributed by atoms with Gasteiger partial charge in [-0.05, 0) is 37.1 Å². The average Bonchev–Trinajstić information content (AvgIpc) is 2.09. The molecule has 0 atom stereocenters. The predicted octanol–water partition coefficient (Wildman–Crippen LogP) is 1.87. The van der Waals surface area contributed by atoms with Crippen LogP contribution in [0.3, 0.4) is 0 Å². The van der Waals surface area contributed by atoms with Gasteiger partial charge < -0.3 is 5.11 Å². The zero-order valence-electron chi connectivity index (χ0n) is 7.46. The van der Waals surface area contributed by atoms with Gasteiger partial charge in [0.1, 0.15) is 0 Å². The largest absolute Gasteiger partial charge is 0.478 e. The van der Waals surface area contributed by atoms with Crippen molar-refractivity contribution in [2.45, 2.75) is 13.8 Å². The fourth-order valence-corrected chi connectivity index (χ4v) is 1.17. The second kappa shape index (κ2) is 3.28. The van der Waals surface area contributed by atoms with Gasteiger partial charge in [-0.25, -0.2) is 4.79 Å². The molecule has 0 aliphatic rings. The number of rotatable bonds is 1. The number of carboxylic acid groups (broad SMARTS) is 1. The highest BCUT2D eigenvalue weighted by Gasteiger charge is 2.10. The van der Waals surface area contributed by atoms with Gasteiger partial charge in [0.15, 0.2) is 0 Å². The van der Waals surface area contributed by atoms with Crippen LogP contribution in [-0.4, -0.2) is 11.1 Å². The summed E-state index contributed by atoms with van der Waals surface area (Å²) < 4.78 is 0. The molecule has 0 amide bonds. The quantitative estimate of drug-likeness (QED) is 0.708. The van der Waals surface area contributed by atoms with Crippen molar-refractivity contribution in [1.82, 2.24) is 0 Å². The summed E-state index contributed by atoms with van der Waals surface area (Å²) in [5, 5.41) is 17.4. The summed E-state index contributed by atoms with van der Waals surface area (Å²) in [4.78, 5) is 10.7. The first-order valence-electron chi connectivity index (χ1n) is 3.81. The number of nitriles is 1.